The Morgan fingerprint density at radius 2 is 2.29 bits per heavy atom. The van der Waals surface area contributed by atoms with Crippen LogP contribution in [0, 0.1) is 0 Å². The average molecular weight is 197 g/mol. The summed E-state index contributed by atoms with van der Waals surface area (Å²) in [7, 11) is 1.66. The van der Waals surface area contributed by atoms with E-state index in [2.05, 4.69) is 15.6 Å². The smallest absolute Gasteiger partial charge is 0.252 e. The van der Waals surface area contributed by atoms with Crippen LogP contribution >= 0.6 is 0 Å². The molecular weight excluding hydrogens is 182 g/mol. The predicted octanol–water partition coefficient (Wildman–Crippen LogP) is -0.369. The lowest BCUT2D eigenvalue weighted by molar-refractivity contribution is -0.124. The number of ether oxygens (including phenoxy) is 1. The van der Waals surface area contributed by atoms with Gasteiger partial charge in [0.15, 0.2) is 5.96 Å². The van der Waals surface area contributed by atoms with Crippen LogP contribution in [0.5, 0.6) is 0 Å². The van der Waals surface area contributed by atoms with Crippen LogP contribution in [0.2, 0.25) is 0 Å². The molecule has 0 aromatic carbocycles. The number of hydrogen-bond acceptors (Lipinski definition) is 3. The zero-order chi connectivity index (χ0) is 10.0. The van der Waals surface area contributed by atoms with Crippen molar-refractivity contribution >= 4 is 11.9 Å². The monoisotopic (exact) mass is 197 g/mol. The maximum Gasteiger partial charge on any atom is 0.252 e. The molecule has 5 nitrogen and oxygen atoms in total. The molecule has 0 saturated carbocycles. The van der Waals surface area contributed by atoms with Gasteiger partial charge in [-0.3, -0.25) is 15.1 Å². The number of nitrogens with zero attached hydrogens (tertiary/aromatic N) is 1. The van der Waals surface area contributed by atoms with Crippen molar-refractivity contribution < 1.29 is 9.53 Å². The lowest BCUT2D eigenvalue weighted by Gasteiger charge is -2.23. The third-order valence-electron chi connectivity index (χ3n) is 2.81. The summed E-state index contributed by atoms with van der Waals surface area (Å²) in [5, 5.41) is 5.89. The fourth-order valence-corrected chi connectivity index (χ4v) is 1.96. The van der Waals surface area contributed by atoms with E-state index in [1.807, 2.05) is 0 Å². The van der Waals surface area contributed by atoms with Crippen LogP contribution in [-0.2, 0) is 9.53 Å². The highest BCUT2D eigenvalue weighted by atomic mass is 16.5. The summed E-state index contributed by atoms with van der Waals surface area (Å²) in [5.41, 5.74) is -0.467. The van der Waals surface area contributed by atoms with Crippen molar-refractivity contribution in [3.8, 4) is 0 Å². The lowest BCUT2D eigenvalue weighted by Crippen LogP contribution is -2.47. The Hall–Kier alpha value is -1.10. The van der Waals surface area contributed by atoms with E-state index in [9.17, 15) is 4.79 Å². The Labute approximate surface area is 82.9 Å². The van der Waals surface area contributed by atoms with E-state index in [4.69, 9.17) is 4.74 Å². The second-order valence-corrected chi connectivity index (χ2v) is 3.70. The van der Waals surface area contributed by atoms with Crippen LogP contribution in [0.3, 0.4) is 0 Å². The second-order valence-electron chi connectivity index (χ2n) is 3.70. The van der Waals surface area contributed by atoms with Gasteiger partial charge < -0.3 is 10.1 Å². The van der Waals surface area contributed by atoms with Crippen molar-refractivity contribution in [2.24, 2.45) is 4.99 Å². The summed E-state index contributed by atoms with van der Waals surface area (Å²) in [5.74, 6) is 0.612. The minimum atomic E-state index is -0.467. The minimum Gasteiger partial charge on any atom is -0.381 e. The summed E-state index contributed by atoms with van der Waals surface area (Å²) >= 11 is 0. The first kappa shape index (κ1) is 9.45. The van der Waals surface area contributed by atoms with E-state index in [0.29, 0.717) is 12.6 Å². The quantitative estimate of drug-likeness (QED) is 0.557. The molecule has 2 fully saturated rings. The van der Waals surface area contributed by atoms with Crippen molar-refractivity contribution in [2.75, 3.05) is 20.3 Å². The highest BCUT2D eigenvalue weighted by Crippen LogP contribution is 2.24. The van der Waals surface area contributed by atoms with Gasteiger partial charge in [-0.05, 0) is 12.8 Å². The fraction of sp³-hybridized carbons (Fsp3) is 0.778. The van der Waals surface area contributed by atoms with Gasteiger partial charge in [0, 0.05) is 26.7 Å². The molecule has 1 unspecified atom stereocenters. The molecule has 0 bridgehead atoms. The summed E-state index contributed by atoms with van der Waals surface area (Å²) in [6, 6.07) is 0. The van der Waals surface area contributed by atoms with Gasteiger partial charge in [-0.2, -0.15) is 0 Å². The molecule has 5 heteroatoms. The molecule has 1 amide bonds. The number of carbonyl (C=O) groups excluding carboxylic acids is 1. The zero-order valence-corrected chi connectivity index (χ0v) is 8.30. The summed E-state index contributed by atoms with van der Waals surface area (Å²) in [6.07, 6.45) is 2.45. The maximum absolute atomic E-state index is 11.8. The molecule has 2 aliphatic heterocycles. The highest BCUT2D eigenvalue weighted by molar-refractivity contribution is 6.08. The van der Waals surface area contributed by atoms with E-state index in [-0.39, 0.29) is 5.91 Å². The molecule has 2 saturated heterocycles. The molecule has 1 spiro atoms. The Morgan fingerprint density at radius 3 is 3.00 bits per heavy atom. The van der Waals surface area contributed by atoms with Crippen molar-refractivity contribution in [1.82, 2.24) is 10.6 Å². The van der Waals surface area contributed by atoms with E-state index in [0.717, 1.165) is 25.9 Å². The maximum atomic E-state index is 11.8. The first-order valence-corrected chi connectivity index (χ1v) is 4.91. The van der Waals surface area contributed by atoms with Gasteiger partial charge in [-0.1, -0.05) is 0 Å². The number of aliphatic imine (C=N–C) groups is 1. The minimum absolute atomic E-state index is 0.0311. The number of hydrogen-bond donors (Lipinski definition) is 2. The van der Waals surface area contributed by atoms with Crippen molar-refractivity contribution in [1.29, 1.82) is 0 Å². The molecule has 0 radical (unpaired) electrons. The number of guanidine groups is 1. The standard InChI is InChI=1S/C9H15N3O2/c1-10-8-11-7(13)9(12-8)3-2-5-14-6-4-9/h2-6H2,1H3,(H2,10,11,12,13). The van der Waals surface area contributed by atoms with Crippen molar-refractivity contribution in [2.45, 2.75) is 24.8 Å². The Kier molecular flexibility index (Phi) is 2.41. The van der Waals surface area contributed by atoms with Gasteiger partial charge >= 0.3 is 0 Å². The third-order valence-corrected chi connectivity index (χ3v) is 2.81. The molecule has 0 aromatic heterocycles. The normalized spacial score (nSPS) is 35.5. The first-order chi connectivity index (χ1) is 6.77. The molecule has 0 aromatic rings. The molecule has 14 heavy (non-hydrogen) atoms. The number of nitrogens with one attached hydrogen (secondary N) is 2. The molecule has 2 N–H and O–H groups in total. The molecule has 78 valence electrons. The van der Waals surface area contributed by atoms with Crippen LogP contribution in [0.4, 0.5) is 0 Å². The van der Waals surface area contributed by atoms with Gasteiger partial charge in [0.2, 0.25) is 0 Å². The van der Waals surface area contributed by atoms with E-state index < -0.39 is 5.54 Å². The number of carbonyl (C=O) groups is 1. The third kappa shape index (κ3) is 1.48. The van der Waals surface area contributed by atoms with Crippen LogP contribution < -0.4 is 10.6 Å². The highest BCUT2D eigenvalue weighted by Gasteiger charge is 2.44. The van der Waals surface area contributed by atoms with Crippen molar-refractivity contribution in [3.63, 3.8) is 0 Å². The zero-order valence-electron chi connectivity index (χ0n) is 8.30. The van der Waals surface area contributed by atoms with E-state index in [1.54, 1.807) is 7.05 Å². The van der Waals surface area contributed by atoms with Crippen LogP contribution in [0.25, 0.3) is 0 Å². The molecule has 2 rings (SSSR count). The molecule has 0 aliphatic carbocycles. The molecule has 2 aliphatic rings. The molecule has 2 heterocycles. The second kappa shape index (κ2) is 3.57. The Morgan fingerprint density at radius 1 is 1.43 bits per heavy atom. The first-order valence-electron chi connectivity index (χ1n) is 4.91. The van der Waals surface area contributed by atoms with Crippen LogP contribution in [-0.4, -0.2) is 37.7 Å². The average Bonchev–Trinajstić information content (AvgIpc) is 2.40. The van der Waals surface area contributed by atoms with Crippen molar-refractivity contribution in [3.05, 3.63) is 0 Å². The summed E-state index contributed by atoms with van der Waals surface area (Å²) in [4.78, 5) is 15.7. The largest absolute Gasteiger partial charge is 0.381 e. The van der Waals surface area contributed by atoms with Crippen LogP contribution in [0.1, 0.15) is 19.3 Å². The lowest BCUT2D eigenvalue weighted by atomic mass is 9.91. The Bertz CT molecular complexity index is 267. The van der Waals surface area contributed by atoms with Gasteiger partial charge in [-0.25, -0.2) is 0 Å². The molecule has 1 atom stereocenters. The van der Waals surface area contributed by atoms with Gasteiger partial charge in [0.05, 0.1) is 0 Å². The Balaban J connectivity index is 2.17. The number of rotatable bonds is 0. The predicted molar refractivity (Wildman–Crippen MR) is 52.0 cm³/mol. The van der Waals surface area contributed by atoms with Crippen LogP contribution in [0.15, 0.2) is 4.99 Å². The summed E-state index contributed by atoms with van der Waals surface area (Å²) in [6.45, 7) is 1.38. The summed E-state index contributed by atoms with van der Waals surface area (Å²) < 4.78 is 5.34. The van der Waals surface area contributed by atoms with Gasteiger partial charge in [0.1, 0.15) is 5.54 Å². The topological polar surface area (TPSA) is 62.7 Å². The van der Waals surface area contributed by atoms with Gasteiger partial charge in [0.25, 0.3) is 5.91 Å². The molecular formula is C9H15N3O2. The fourth-order valence-electron chi connectivity index (χ4n) is 1.96. The number of amides is 1. The van der Waals surface area contributed by atoms with E-state index in [1.165, 1.54) is 0 Å². The SMILES string of the molecule is CN=C1NC(=O)C2(CCCOCC2)N1. The van der Waals surface area contributed by atoms with E-state index >= 15 is 0 Å². The van der Waals surface area contributed by atoms with Gasteiger partial charge in [-0.15, -0.1) is 0 Å².